The number of rotatable bonds is 15. The molecule has 1 aromatic heterocycles. The number of hydrogen-bond donors (Lipinski definition) is 4. The maximum Gasteiger partial charge on any atom is 0.353 e. The van der Waals surface area contributed by atoms with Crippen molar-refractivity contribution >= 4 is 40.9 Å². The summed E-state index contributed by atoms with van der Waals surface area (Å²) < 4.78 is 19.4. The molecule has 0 fully saturated rings. The van der Waals surface area contributed by atoms with Crippen LogP contribution in [0, 0.1) is 23.1 Å². The second-order valence-corrected chi connectivity index (χ2v) is 10.6. The Hall–Kier alpha value is -3.64. The van der Waals surface area contributed by atoms with E-state index in [4.69, 9.17) is 21.0 Å². The quantitative estimate of drug-likeness (QED) is 0.112. The van der Waals surface area contributed by atoms with E-state index in [9.17, 15) is 28.7 Å². The van der Waals surface area contributed by atoms with Crippen molar-refractivity contribution in [3.8, 4) is 5.75 Å². The molecule has 0 aliphatic heterocycles. The van der Waals surface area contributed by atoms with E-state index in [1.54, 1.807) is 18.0 Å². The van der Waals surface area contributed by atoms with Crippen molar-refractivity contribution in [3.05, 3.63) is 51.5 Å². The number of carbonyl (C=O) groups is 4. The molecule has 2 atom stereocenters. The molecule has 38 heavy (non-hydrogen) atoms. The number of amidine groups is 1. The third-order valence-corrected chi connectivity index (χ3v) is 6.87. The zero-order valence-corrected chi connectivity index (χ0v) is 22.2. The van der Waals surface area contributed by atoms with Gasteiger partial charge in [-0.05, 0) is 56.1 Å². The molecule has 0 bridgehead atoms. The second kappa shape index (κ2) is 13.8. The van der Waals surface area contributed by atoms with Gasteiger partial charge in [-0.15, -0.1) is 11.3 Å². The van der Waals surface area contributed by atoms with Crippen LogP contribution in [0.2, 0.25) is 0 Å². The van der Waals surface area contributed by atoms with Crippen molar-refractivity contribution in [1.29, 1.82) is 5.41 Å². The van der Waals surface area contributed by atoms with Crippen molar-refractivity contribution < 1.29 is 38.5 Å². The monoisotopic (exact) mass is 549 g/mol. The summed E-state index contributed by atoms with van der Waals surface area (Å²) in [5.74, 6) is -5.80. The first kappa shape index (κ1) is 30.6. The molecule has 0 aliphatic carbocycles. The van der Waals surface area contributed by atoms with Crippen LogP contribution >= 0.6 is 11.3 Å². The van der Waals surface area contributed by atoms with E-state index in [0.29, 0.717) is 6.42 Å². The molecule has 2 rings (SSSR count). The number of nitrogen functional groups attached to an aromatic ring is 1. The fraction of sp³-hybridized carbons (Fsp3) is 0.423. The van der Waals surface area contributed by atoms with Crippen LogP contribution in [0.3, 0.4) is 0 Å². The number of benzene rings is 1. The lowest BCUT2D eigenvalue weighted by Crippen LogP contribution is -2.40. The van der Waals surface area contributed by atoms with Crippen molar-refractivity contribution in [3.63, 3.8) is 0 Å². The predicted octanol–water partition coefficient (Wildman–Crippen LogP) is 3.76. The van der Waals surface area contributed by atoms with Crippen LogP contribution in [0.4, 0.5) is 4.39 Å². The number of carboxylic acid groups (broad SMARTS) is 2. The summed E-state index contributed by atoms with van der Waals surface area (Å²) in [5, 5.41) is 25.7. The van der Waals surface area contributed by atoms with Crippen LogP contribution in [0.1, 0.15) is 59.6 Å². The number of hydrogen-bond acceptors (Lipinski definition) is 8. The number of thiophene rings is 1. The van der Waals surface area contributed by atoms with Gasteiger partial charge in [-0.1, -0.05) is 13.8 Å². The molecule has 0 unspecified atom stereocenters. The fourth-order valence-corrected chi connectivity index (χ4v) is 4.77. The minimum atomic E-state index is -1.21. The first-order valence-electron chi connectivity index (χ1n) is 11.9. The zero-order chi connectivity index (χ0) is 28.6. The normalized spacial score (nSPS) is 12.8. The molecule has 2 aromatic rings. The van der Waals surface area contributed by atoms with Gasteiger partial charge in [0.05, 0.1) is 12.0 Å². The number of esters is 1. The van der Waals surface area contributed by atoms with Gasteiger partial charge in [-0.25, -0.2) is 9.18 Å². The Balaban J connectivity index is 2.10. The number of nitrogens with two attached hydrogens (primary N) is 1. The van der Waals surface area contributed by atoms with Crippen molar-refractivity contribution in [2.24, 2.45) is 17.6 Å². The first-order valence-corrected chi connectivity index (χ1v) is 12.7. The lowest BCUT2D eigenvalue weighted by Gasteiger charge is -2.29. The van der Waals surface area contributed by atoms with E-state index in [0.717, 1.165) is 22.3 Å². The number of likely N-dealkylation sites (N-methyl/N-ethyl adjacent to an activating group) is 1. The fourth-order valence-electron chi connectivity index (χ4n) is 3.82. The molecule has 1 aromatic carbocycles. The van der Waals surface area contributed by atoms with Gasteiger partial charge < -0.3 is 20.7 Å². The summed E-state index contributed by atoms with van der Waals surface area (Å²) in [6, 6.07) is 6.21. The summed E-state index contributed by atoms with van der Waals surface area (Å²) in [6.07, 6.45) is -0.284. The second-order valence-electron chi connectivity index (χ2n) is 9.41. The van der Waals surface area contributed by atoms with Gasteiger partial charge in [-0.3, -0.25) is 24.7 Å². The van der Waals surface area contributed by atoms with E-state index in [2.05, 4.69) is 0 Å². The summed E-state index contributed by atoms with van der Waals surface area (Å²) in [4.78, 5) is 50.8. The Labute approximate surface area is 223 Å². The van der Waals surface area contributed by atoms with Crippen LogP contribution in [0.5, 0.6) is 5.75 Å². The average Bonchev–Trinajstić information content (AvgIpc) is 3.29. The third-order valence-electron chi connectivity index (χ3n) is 5.82. The molecule has 0 saturated carbocycles. The predicted molar refractivity (Wildman–Crippen MR) is 139 cm³/mol. The van der Waals surface area contributed by atoms with Crippen LogP contribution in [-0.4, -0.2) is 57.7 Å². The zero-order valence-electron chi connectivity index (χ0n) is 21.4. The Morgan fingerprint density at radius 3 is 2.39 bits per heavy atom. The molecule has 0 spiro atoms. The minimum Gasteiger partial charge on any atom is -0.481 e. The highest BCUT2D eigenvalue weighted by Crippen LogP contribution is 2.25. The summed E-state index contributed by atoms with van der Waals surface area (Å²) >= 11 is 1.12. The highest BCUT2D eigenvalue weighted by Gasteiger charge is 2.30. The molecular formula is C26H32FN3O7S. The number of Topliss-reactive ketones (excluding diaryl/α,β-unsaturated/α-hetero) is 1. The topological polar surface area (TPSA) is 171 Å². The van der Waals surface area contributed by atoms with Gasteiger partial charge in [0.25, 0.3) is 0 Å². The molecule has 10 nitrogen and oxygen atoms in total. The number of carbonyl (C=O) groups excluding carboxylic acids is 2. The first-order chi connectivity index (χ1) is 17.8. The Bertz CT molecular complexity index is 1200. The van der Waals surface area contributed by atoms with E-state index in [-0.39, 0.29) is 59.5 Å². The van der Waals surface area contributed by atoms with E-state index < -0.39 is 35.7 Å². The lowest BCUT2D eigenvalue weighted by molar-refractivity contribution is -0.145. The standard InChI is InChI=1S/C26H32FN3O7S/c1-14(2)10-19(20(31)12-16(25(34)35)5-9-23(32)33)30(3)13-17-6-8-22(38-17)26(36)37-21-7-4-15(24(28)29)11-18(21)27/h4,6-8,11,14,16,19H,5,9-10,12-13H2,1-3H3,(H3,28,29)(H,32,33)(H,34,35)/t16-,19-/m0/s1. The Kier molecular flexibility index (Phi) is 11.1. The van der Waals surface area contributed by atoms with E-state index in [1.165, 1.54) is 18.2 Å². The number of ketones is 1. The van der Waals surface area contributed by atoms with E-state index >= 15 is 0 Å². The highest BCUT2D eigenvalue weighted by molar-refractivity contribution is 7.13. The maximum atomic E-state index is 14.2. The number of halogens is 1. The van der Waals surface area contributed by atoms with Crippen molar-refractivity contribution in [1.82, 2.24) is 4.90 Å². The summed E-state index contributed by atoms with van der Waals surface area (Å²) in [6.45, 7) is 4.17. The highest BCUT2D eigenvalue weighted by atomic mass is 32.1. The molecular weight excluding hydrogens is 517 g/mol. The van der Waals surface area contributed by atoms with Crippen molar-refractivity contribution in [2.45, 2.75) is 52.1 Å². The van der Waals surface area contributed by atoms with Crippen LogP contribution in [0.25, 0.3) is 0 Å². The lowest BCUT2D eigenvalue weighted by atomic mass is 9.90. The smallest absolute Gasteiger partial charge is 0.353 e. The van der Waals surface area contributed by atoms with Crippen LogP contribution < -0.4 is 10.5 Å². The SMILES string of the molecule is CC(C)C[C@@H](C(=O)C[C@H](CCC(=O)O)C(=O)O)N(C)Cc1ccc(C(=O)Oc2ccc(C(=N)N)cc2F)s1. The van der Waals surface area contributed by atoms with Gasteiger partial charge in [0.15, 0.2) is 17.3 Å². The summed E-state index contributed by atoms with van der Waals surface area (Å²) in [7, 11) is 1.72. The van der Waals surface area contributed by atoms with Crippen LogP contribution in [-0.2, 0) is 20.9 Å². The molecule has 0 amide bonds. The van der Waals surface area contributed by atoms with Gasteiger partial charge >= 0.3 is 17.9 Å². The number of aliphatic carboxylic acids is 2. The van der Waals surface area contributed by atoms with Gasteiger partial charge in [-0.2, -0.15) is 0 Å². The van der Waals surface area contributed by atoms with Gasteiger partial charge in [0.1, 0.15) is 10.7 Å². The molecule has 0 aliphatic rings. The van der Waals surface area contributed by atoms with Crippen molar-refractivity contribution in [2.75, 3.05) is 7.05 Å². The summed E-state index contributed by atoms with van der Waals surface area (Å²) in [5.41, 5.74) is 5.49. The number of carboxylic acids is 2. The molecule has 0 saturated heterocycles. The molecule has 5 N–H and O–H groups in total. The average molecular weight is 550 g/mol. The molecule has 1 heterocycles. The Morgan fingerprint density at radius 2 is 1.84 bits per heavy atom. The van der Waals surface area contributed by atoms with E-state index in [1.807, 2.05) is 13.8 Å². The minimum absolute atomic E-state index is 0.131. The van der Waals surface area contributed by atoms with Gasteiger partial charge in [0, 0.05) is 29.8 Å². The molecule has 206 valence electrons. The maximum absolute atomic E-state index is 14.2. The number of ether oxygens (including phenoxy) is 1. The van der Waals surface area contributed by atoms with Gasteiger partial charge in [0.2, 0.25) is 0 Å². The number of nitrogens with zero attached hydrogens (tertiary/aromatic N) is 1. The number of nitrogens with one attached hydrogen (secondary N) is 1. The molecule has 0 radical (unpaired) electrons. The largest absolute Gasteiger partial charge is 0.481 e. The molecule has 12 heteroatoms. The third kappa shape index (κ3) is 9.03. The Morgan fingerprint density at radius 1 is 1.16 bits per heavy atom. The van der Waals surface area contributed by atoms with Crippen LogP contribution in [0.15, 0.2) is 30.3 Å².